The first-order valence-electron chi connectivity index (χ1n) is 13.1. The summed E-state index contributed by atoms with van der Waals surface area (Å²) in [7, 11) is 1.62. The zero-order chi connectivity index (χ0) is 27.9. The summed E-state index contributed by atoms with van der Waals surface area (Å²) in [6, 6.07) is 14.2. The number of rotatable bonds is 7. The summed E-state index contributed by atoms with van der Waals surface area (Å²) in [5, 5.41) is 18.5. The largest absolute Gasteiger partial charge is 0.497 e. The Balaban J connectivity index is 1.40. The van der Waals surface area contributed by atoms with Crippen molar-refractivity contribution in [2.45, 2.75) is 20.0 Å². The van der Waals surface area contributed by atoms with Crippen LogP contribution in [-0.2, 0) is 11.4 Å². The summed E-state index contributed by atoms with van der Waals surface area (Å²) in [5.74, 6) is 1.22. The number of nitriles is 1. The number of nitrogens with one attached hydrogen (secondary N) is 1. The molecule has 2 saturated heterocycles. The van der Waals surface area contributed by atoms with Gasteiger partial charge in [-0.3, -0.25) is 9.89 Å². The third kappa shape index (κ3) is 4.39. The van der Waals surface area contributed by atoms with Crippen molar-refractivity contribution in [2.24, 2.45) is 5.41 Å². The molecule has 0 unspecified atom stereocenters. The molecule has 1 spiro atoms. The predicted octanol–water partition coefficient (Wildman–Crippen LogP) is 4.01. The highest BCUT2D eigenvalue weighted by atomic mass is 16.5. The standard InChI is InChI=1S/C30H29N7O3/c1-4-25(38)37-17-30(18-37)10-11-36(16-30)28-22(13-31)27(26-19(2)8-9-24-23(26)14-32-35-24)33-29(34-28)40-15-20-6-5-7-21(12-20)39-3/h4-9,12,14H,1,10-11,15-18H2,2-3H3,(H,32,35). The summed E-state index contributed by atoms with van der Waals surface area (Å²) < 4.78 is 11.5. The maximum Gasteiger partial charge on any atom is 0.319 e. The number of hydrogen-bond donors (Lipinski definition) is 1. The lowest BCUT2D eigenvalue weighted by Crippen LogP contribution is -2.59. The third-order valence-electron chi connectivity index (χ3n) is 7.83. The van der Waals surface area contributed by atoms with Crippen molar-refractivity contribution < 1.29 is 14.3 Å². The Kier molecular flexibility index (Phi) is 6.34. The quantitative estimate of drug-likeness (QED) is 0.353. The molecule has 2 fully saturated rings. The van der Waals surface area contributed by atoms with Gasteiger partial charge in [0.05, 0.1) is 24.5 Å². The number of methoxy groups -OCH3 is 1. The monoisotopic (exact) mass is 535 g/mol. The first-order chi connectivity index (χ1) is 19.4. The number of nitrogens with zero attached hydrogens (tertiary/aromatic N) is 6. The fraction of sp³-hybridized carbons (Fsp3) is 0.300. The Labute approximate surface area is 231 Å². The van der Waals surface area contributed by atoms with Crippen molar-refractivity contribution in [3.63, 3.8) is 0 Å². The van der Waals surface area contributed by atoms with Crippen LogP contribution in [0.5, 0.6) is 11.8 Å². The van der Waals surface area contributed by atoms with Gasteiger partial charge in [0, 0.05) is 42.5 Å². The number of hydrogen-bond acceptors (Lipinski definition) is 8. The van der Waals surface area contributed by atoms with E-state index in [1.54, 1.807) is 18.2 Å². The second-order valence-electron chi connectivity index (χ2n) is 10.5. The molecule has 40 heavy (non-hydrogen) atoms. The van der Waals surface area contributed by atoms with E-state index in [1.807, 2.05) is 43.3 Å². The van der Waals surface area contributed by atoms with Crippen LogP contribution in [0.4, 0.5) is 5.82 Å². The fourth-order valence-electron chi connectivity index (χ4n) is 5.78. The van der Waals surface area contributed by atoms with E-state index in [2.05, 4.69) is 27.7 Å². The molecule has 4 aromatic rings. The number of amides is 1. The van der Waals surface area contributed by atoms with E-state index in [0.717, 1.165) is 39.8 Å². The van der Waals surface area contributed by atoms with Gasteiger partial charge in [-0.05, 0) is 48.7 Å². The van der Waals surface area contributed by atoms with Crippen LogP contribution in [0.15, 0.2) is 55.3 Å². The first kappa shape index (κ1) is 25.4. The van der Waals surface area contributed by atoms with Crippen LogP contribution in [0.1, 0.15) is 23.1 Å². The maximum absolute atomic E-state index is 12.1. The average Bonchev–Trinajstić information content (AvgIpc) is 3.62. The van der Waals surface area contributed by atoms with E-state index in [1.165, 1.54) is 6.08 Å². The van der Waals surface area contributed by atoms with Crippen LogP contribution in [0.2, 0.25) is 0 Å². The molecular weight excluding hydrogens is 506 g/mol. The van der Waals surface area contributed by atoms with Crippen LogP contribution in [0.3, 0.4) is 0 Å². The van der Waals surface area contributed by atoms with Gasteiger partial charge in [0.1, 0.15) is 24.0 Å². The number of carbonyl (C=O) groups excluding carboxylic acids is 1. The van der Waals surface area contributed by atoms with Gasteiger partial charge in [-0.15, -0.1) is 0 Å². The van der Waals surface area contributed by atoms with E-state index < -0.39 is 0 Å². The second-order valence-corrected chi connectivity index (χ2v) is 10.5. The highest BCUT2D eigenvalue weighted by Crippen LogP contribution is 2.43. The number of aromatic amines is 1. The summed E-state index contributed by atoms with van der Waals surface area (Å²) in [4.78, 5) is 25.6. The molecule has 6 rings (SSSR count). The first-order valence-corrected chi connectivity index (χ1v) is 13.1. The number of likely N-dealkylation sites (tertiary alicyclic amines) is 1. The number of carbonyl (C=O) groups is 1. The zero-order valence-corrected chi connectivity index (χ0v) is 22.5. The number of ether oxygens (including phenoxy) is 2. The van der Waals surface area contributed by atoms with Crippen LogP contribution in [0, 0.1) is 23.7 Å². The van der Waals surface area contributed by atoms with Crippen LogP contribution < -0.4 is 14.4 Å². The van der Waals surface area contributed by atoms with Gasteiger partial charge >= 0.3 is 6.01 Å². The van der Waals surface area contributed by atoms with Gasteiger partial charge in [0.15, 0.2) is 5.82 Å². The second kappa shape index (κ2) is 10.0. The lowest BCUT2D eigenvalue weighted by molar-refractivity contribution is -0.136. The van der Waals surface area contributed by atoms with Gasteiger partial charge in [-0.1, -0.05) is 24.8 Å². The van der Waals surface area contributed by atoms with Gasteiger partial charge in [-0.2, -0.15) is 20.3 Å². The van der Waals surface area contributed by atoms with E-state index in [0.29, 0.717) is 43.3 Å². The molecule has 10 heteroatoms. The van der Waals surface area contributed by atoms with Crippen molar-refractivity contribution >= 4 is 22.6 Å². The van der Waals surface area contributed by atoms with Gasteiger partial charge in [0.25, 0.3) is 0 Å². The minimum absolute atomic E-state index is 0.0292. The molecule has 10 nitrogen and oxygen atoms in total. The number of benzene rings is 2. The van der Waals surface area contributed by atoms with Gasteiger partial charge in [0.2, 0.25) is 5.91 Å². The topological polar surface area (TPSA) is 120 Å². The van der Waals surface area contributed by atoms with Crippen molar-refractivity contribution in [3.05, 3.63) is 71.9 Å². The van der Waals surface area contributed by atoms with Crippen molar-refractivity contribution in [2.75, 3.05) is 38.2 Å². The molecule has 1 N–H and O–H groups in total. The van der Waals surface area contributed by atoms with Crippen LogP contribution in [-0.4, -0.2) is 64.3 Å². The molecule has 2 aliphatic heterocycles. The van der Waals surface area contributed by atoms with Gasteiger partial charge < -0.3 is 19.3 Å². The zero-order valence-electron chi connectivity index (χ0n) is 22.5. The SMILES string of the molecule is C=CC(=O)N1CC2(CCN(c3nc(OCc4cccc(OC)c4)nc(-c4c(C)ccc5[nH]ncc45)c3C#N)C2)C1. The van der Waals surface area contributed by atoms with Crippen molar-refractivity contribution in [1.29, 1.82) is 5.26 Å². The number of aryl methyl sites for hydroxylation is 1. The number of anilines is 1. The smallest absolute Gasteiger partial charge is 0.319 e. The summed E-state index contributed by atoms with van der Waals surface area (Å²) in [5.41, 5.74) is 4.41. The Morgan fingerprint density at radius 1 is 1.25 bits per heavy atom. The minimum Gasteiger partial charge on any atom is -0.497 e. The summed E-state index contributed by atoms with van der Waals surface area (Å²) in [6.45, 7) is 8.56. The molecule has 1 amide bonds. The van der Waals surface area contributed by atoms with Gasteiger partial charge in [-0.25, -0.2) is 0 Å². The summed E-state index contributed by atoms with van der Waals surface area (Å²) in [6.07, 6.45) is 4.01. The molecule has 0 atom stereocenters. The lowest BCUT2D eigenvalue weighted by atomic mass is 9.79. The predicted molar refractivity (Wildman–Crippen MR) is 150 cm³/mol. The molecular formula is C30H29N7O3. The summed E-state index contributed by atoms with van der Waals surface area (Å²) >= 11 is 0. The van der Waals surface area contributed by atoms with E-state index in [9.17, 15) is 10.1 Å². The molecule has 0 bridgehead atoms. The Bertz CT molecular complexity index is 1670. The normalized spacial score (nSPS) is 15.6. The Morgan fingerprint density at radius 3 is 2.88 bits per heavy atom. The van der Waals surface area contributed by atoms with Crippen molar-refractivity contribution in [1.82, 2.24) is 25.1 Å². The lowest BCUT2D eigenvalue weighted by Gasteiger charge is -2.47. The minimum atomic E-state index is -0.0528. The molecule has 2 aromatic heterocycles. The molecule has 2 aliphatic rings. The highest BCUT2D eigenvalue weighted by Gasteiger charge is 2.49. The molecule has 0 saturated carbocycles. The molecule has 0 aliphatic carbocycles. The number of fused-ring (bicyclic) bond motifs is 1. The maximum atomic E-state index is 12.1. The van der Waals surface area contributed by atoms with E-state index >= 15 is 0 Å². The van der Waals surface area contributed by atoms with Crippen LogP contribution >= 0.6 is 0 Å². The fourth-order valence-corrected chi connectivity index (χ4v) is 5.78. The number of aromatic nitrogens is 4. The Hall–Kier alpha value is -4.91. The molecule has 202 valence electrons. The van der Waals surface area contributed by atoms with Crippen LogP contribution in [0.25, 0.3) is 22.2 Å². The van der Waals surface area contributed by atoms with E-state index in [4.69, 9.17) is 19.4 Å². The number of H-pyrrole nitrogens is 1. The average molecular weight is 536 g/mol. The van der Waals surface area contributed by atoms with Crippen molar-refractivity contribution in [3.8, 4) is 29.1 Å². The Morgan fingerprint density at radius 2 is 2.10 bits per heavy atom. The molecule has 4 heterocycles. The highest BCUT2D eigenvalue weighted by molar-refractivity contribution is 5.97. The van der Waals surface area contributed by atoms with E-state index in [-0.39, 0.29) is 23.9 Å². The molecule has 2 aromatic carbocycles. The third-order valence-corrected chi connectivity index (χ3v) is 7.83. The molecule has 0 radical (unpaired) electrons.